The molecular formula is C16H19N3O. The van der Waals surface area contributed by atoms with Crippen molar-refractivity contribution in [3.8, 4) is 5.88 Å². The van der Waals surface area contributed by atoms with Crippen molar-refractivity contribution in [3.63, 3.8) is 0 Å². The van der Waals surface area contributed by atoms with E-state index in [-0.39, 0.29) is 0 Å². The lowest BCUT2D eigenvalue weighted by Gasteiger charge is -2.13. The van der Waals surface area contributed by atoms with Crippen LogP contribution in [0.1, 0.15) is 31.2 Å². The molecule has 0 unspecified atom stereocenters. The predicted octanol–water partition coefficient (Wildman–Crippen LogP) is 3.41. The standard InChI is InChI=1S/C16H19N3O/c1-2-6-13(7-3-1)12-20-16-11-17-10-15(19-16)18-14-8-4-5-9-14/h1-3,6-7,10-11,14H,4-5,8-9,12H2,(H,18,19). The summed E-state index contributed by atoms with van der Waals surface area (Å²) in [5, 5.41) is 3.43. The molecule has 1 aromatic heterocycles. The average Bonchev–Trinajstić information content (AvgIpc) is 3.00. The van der Waals surface area contributed by atoms with Crippen LogP contribution in [0.5, 0.6) is 5.88 Å². The highest BCUT2D eigenvalue weighted by Gasteiger charge is 2.15. The van der Waals surface area contributed by atoms with E-state index in [1.165, 1.54) is 25.7 Å². The van der Waals surface area contributed by atoms with E-state index in [9.17, 15) is 0 Å². The first-order valence-electron chi connectivity index (χ1n) is 7.15. The molecule has 20 heavy (non-hydrogen) atoms. The average molecular weight is 269 g/mol. The summed E-state index contributed by atoms with van der Waals surface area (Å²) in [6, 6.07) is 10.6. The van der Waals surface area contributed by atoms with Gasteiger partial charge in [0.1, 0.15) is 12.4 Å². The zero-order chi connectivity index (χ0) is 13.6. The first kappa shape index (κ1) is 12.9. The number of anilines is 1. The maximum absolute atomic E-state index is 5.68. The van der Waals surface area contributed by atoms with Crippen molar-refractivity contribution in [1.29, 1.82) is 0 Å². The van der Waals surface area contributed by atoms with E-state index < -0.39 is 0 Å². The zero-order valence-electron chi connectivity index (χ0n) is 11.5. The van der Waals surface area contributed by atoms with Crippen LogP contribution >= 0.6 is 0 Å². The molecule has 1 aromatic carbocycles. The summed E-state index contributed by atoms with van der Waals surface area (Å²) in [6.07, 6.45) is 8.45. The summed E-state index contributed by atoms with van der Waals surface area (Å²) in [6.45, 7) is 0.516. The Morgan fingerprint density at radius 3 is 2.70 bits per heavy atom. The van der Waals surface area contributed by atoms with Crippen molar-refractivity contribution in [3.05, 3.63) is 48.3 Å². The van der Waals surface area contributed by atoms with Crippen LogP contribution in [0.3, 0.4) is 0 Å². The van der Waals surface area contributed by atoms with Crippen LogP contribution in [-0.2, 0) is 6.61 Å². The molecule has 1 fully saturated rings. The van der Waals surface area contributed by atoms with Crippen LogP contribution in [0.4, 0.5) is 5.82 Å². The fourth-order valence-electron chi connectivity index (χ4n) is 2.50. The van der Waals surface area contributed by atoms with E-state index >= 15 is 0 Å². The fraction of sp³-hybridized carbons (Fsp3) is 0.375. The second-order valence-corrected chi connectivity index (χ2v) is 5.14. The van der Waals surface area contributed by atoms with Gasteiger partial charge < -0.3 is 10.1 Å². The molecule has 1 heterocycles. The van der Waals surface area contributed by atoms with Gasteiger partial charge in [0.05, 0.1) is 12.4 Å². The molecule has 1 aliphatic rings. The highest BCUT2D eigenvalue weighted by atomic mass is 16.5. The maximum atomic E-state index is 5.68. The quantitative estimate of drug-likeness (QED) is 0.903. The third-order valence-electron chi connectivity index (χ3n) is 3.55. The van der Waals surface area contributed by atoms with E-state index in [4.69, 9.17) is 4.74 Å². The van der Waals surface area contributed by atoms with Gasteiger partial charge in [0.15, 0.2) is 0 Å². The van der Waals surface area contributed by atoms with E-state index in [0.29, 0.717) is 18.5 Å². The lowest BCUT2D eigenvalue weighted by molar-refractivity contribution is 0.293. The second kappa shape index (κ2) is 6.37. The van der Waals surface area contributed by atoms with Crippen LogP contribution in [-0.4, -0.2) is 16.0 Å². The summed E-state index contributed by atoms with van der Waals surface area (Å²) in [7, 11) is 0. The number of aromatic nitrogens is 2. The van der Waals surface area contributed by atoms with Crippen molar-refractivity contribution in [2.24, 2.45) is 0 Å². The number of benzene rings is 1. The summed E-state index contributed by atoms with van der Waals surface area (Å²) >= 11 is 0. The summed E-state index contributed by atoms with van der Waals surface area (Å²) in [5.74, 6) is 1.37. The fourth-order valence-corrected chi connectivity index (χ4v) is 2.50. The molecule has 1 aliphatic carbocycles. The number of nitrogens with one attached hydrogen (secondary N) is 1. The van der Waals surface area contributed by atoms with Crippen LogP contribution in [0.2, 0.25) is 0 Å². The Morgan fingerprint density at radius 2 is 1.90 bits per heavy atom. The molecule has 4 heteroatoms. The highest BCUT2D eigenvalue weighted by molar-refractivity contribution is 5.34. The topological polar surface area (TPSA) is 47.0 Å². The van der Waals surface area contributed by atoms with Crippen molar-refractivity contribution < 1.29 is 4.74 Å². The Balaban J connectivity index is 1.59. The minimum atomic E-state index is 0.516. The summed E-state index contributed by atoms with van der Waals surface area (Å²) < 4.78 is 5.68. The van der Waals surface area contributed by atoms with Gasteiger partial charge in [-0.2, -0.15) is 4.98 Å². The predicted molar refractivity (Wildman–Crippen MR) is 78.7 cm³/mol. The lowest BCUT2D eigenvalue weighted by atomic mass is 10.2. The van der Waals surface area contributed by atoms with Crippen LogP contribution in [0, 0.1) is 0 Å². The molecule has 1 N–H and O–H groups in total. The van der Waals surface area contributed by atoms with Crippen molar-refractivity contribution in [2.75, 3.05) is 5.32 Å². The molecule has 1 saturated carbocycles. The molecule has 0 bridgehead atoms. The monoisotopic (exact) mass is 269 g/mol. The normalized spacial score (nSPS) is 15.2. The first-order valence-corrected chi connectivity index (χ1v) is 7.15. The van der Waals surface area contributed by atoms with E-state index in [2.05, 4.69) is 15.3 Å². The van der Waals surface area contributed by atoms with Crippen LogP contribution in [0.25, 0.3) is 0 Å². The zero-order valence-corrected chi connectivity index (χ0v) is 11.5. The SMILES string of the molecule is c1ccc(COc2cncc(NC3CCCC3)n2)cc1. The molecule has 0 spiro atoms. The van der Waals surface area contributed by atoms with Crippen LogP contribution < -0.4 is 10.1 Å². The first-order chi connectivity index (χ1) is 9.90. The van der Waals surface area contributed by atoms with Gasteiger partial charge >= 0.3 is 0 Å². The molecule has 0 radical (unpaired) electrons. The smallest absolute Gasteiger partial charge is 0.234 e. The minimum Gasteiger partial charge on any atom is -0.472 e. The Kier molecular flexibility index (Phi) is 4.11. The number of hydrogen-bond donors (Lipinski definition) is 1. The summed E-state index contributed by atoms with van der Waals surface area (Å²) in [4.78, 5) is 8.64. The van der Waals surface area contributed by atoms with Gasteiger partial charge in [-0.3, -0.25) is 4.98 Å². The van der Waals surface area contributed by atoms with E-state index in [1.807, 2.05) is 30.3 Å². The van der Waals surface area contributed by atoms with E-state index in [1.54, 1.807) is 12.4 Å². The molecule has 2 aromatic rings. The molecule has 0 aliphatic heterocycles. The minimum absolute atomic E-state index is 0.516. The van der Waals surface area contributed by atoms with Gasteiger partial charge in [0.25, 0.3) is 0 Å². The Labute approximate surface area is 119 Å². The third kappa shape index (κ3) is 3.47. The van der Waals surface area contributed by atoms with Crippen LogP contribution in [0.15, 0.2) is 42.7 Å². The number of ether oxygens (including phenoxy) is 1. The number of hydrogen-bond acceptors (Lipinski definition) is 4. The highest BCUT2D eigenvalue weighted by Crippen LogP contribution is 2.21. The Hall–Kier alpha value is -2.10. The molecule has 3 rings (SSSR count). The summed E-state index contributed by atoms with van der Waals surface area (Å²) in [5.41, 5.74) is 1.13. The Bertz CT molecular complexity index is 538. The third-order valence-corrected chi connectivity index (χ3v) is 3.55. The van der Waals surface area contributed by atoms with Gasteiger partial charge in [-0.15, -0.1) is 0 Å². The van der Waals surface area contributed by atoms with Gasteiger partial charge in [0, 0.05) is 6.04 Å². The van der Waals surface area contributed by atoms with E-state index in [0.717, 1.165) is 11.4 Å². The van der Waals surface area contributed by atoms with Crippen molar-refractivity contribution in [1.82, 2.24) is 9.97 Å². The maximum Gasteiger partial charge on any atom is 0.234 e. The van der Waals surface area contributed by atoms with Crippen molar-refractivity contribution >= 4 is 5.82 Å². The van der Waals surface area contributed by atoms with Gasteiger partial charge in [-0.1, -0.05) is 43.2 Å². The number of nitrogens with zero attached hydrogens (tertiary/aromatic N) is 2. The largest absolute Gasteiger partial charge is 0.472 e. The molecule has 0 saturated heterocycles. The Morgan fingerprint density at radius 1 is 1.10 bits per heavy atom. The van der Waals surface area contributed by atoms with Gasteiger partial charge in [0.2, 0.25) is 5.88 Å². The molecule has 104 valence electrons. The molecule has 0 atom stereocenters. The molecular weight excluding hydrogens is 250 g/mol. The molecule has 0 amide bonds. The molecule has 4 nitrogen and oxygen atoms in total. The number of rotatable bonds is 5. The van der Waals surface area contributed by atoms with Gasteiger partial charge in [-0.25, -0.2) is 0 Å². The van der Waals surface area contributed by atoms with Crippen molar-refractivity contribution in [2.45, 2.75) is 38.3 Å². The second-order valence-electron chi connectivity index (χ2n) is 5.14. The van der Waals surface area contributed by atoms with Gasteiger partial charge in [-0.05, 0) is 18.4 Å². The lowest BCUT2D eigenvalue weighted by Crippen LogP contribution is -2.15.